The van der Waals surface area contributed by atoms with Crippen molar-refractivity contribution in [1.29, 1.82) is 0 Å². The lowest BCUT2D eigenvalue weighted by Crippen LogP contribution is -2.25. The molecule has 0 fully saturated rings. The first-order valence-corrected chi connectivity index (χ1v) is 7.93. The number of benzene rings is 1. The fourth-order valence-electron chi connectivity index (χ4n) is 1.17. The fraction of sp³-hybridized carbons (Fsp3) is 0.200. The lowest BCUT2D eigenvalue weighted by molar-refractivity contribution is 0.555. The maximum Gasteiger partial charge on any atom is 0.244 e. The van der Waals surface area contributed by atoms with Gasteiger partial charge in [-0.1, -0.05) is 5.92 Å². The second-order valence-corrected chi connectivity index (χ2v) is 6.69. The number of primary sulfonamides is 1. The molecule has 0 saturated heterocycles. The second kappa shape index (κ2) is 5.66. The summed E-state index contributed by atoms with van der Waals surface area (Å²) in [5, 5.41) is 4.81. The maximum absolute atomic E-state index is 13.6. The molecular formula is C10H11FN2O4S2. The summed E-state index contributed by atoms with van der Waals surface area (Å²) in [7, 11) is -8.17. The lowest BCUT2D eigenvalue weighted by atomic mass is 10.3. The van der Waals surface area contributed by atoms with Crippen molar-refractivity contribution >= 4 is 20.0 Å². The first kappa shape index (κ1) is 15.6. The topological polar surface area (TPSA) is 106 Å². The van der Waals surface area contributed by atoms with Crippen LogP contribution in [0.15, 0.2) is 28.0 Å². The molecule has 0 amide bonds. The van der Waals surface area contributed by atoms with Gasteiger partial charge in [-0.2, -0.15) is 4.72 Å². The highest BCUT2D eigenvalue weighted by Gasteiger charge is 2.20. The summed E-state index contributed by atoms with van der Waals surface area (Å²) in [6, 6.07) is 2.30. The summed E-state index contributed by atoms with van der Waals surface area (Å²) in [6.45, 7) is 1.35. The van der Waals surface area contributed by atoms with Crippen molar-refractivity contribution in [3.63, 3.8) is 0 Å². The molecule has 0 saturated carbocycles. The average Bonchev–Trinajstić information content (AvgIpc) is 2.27. The Morgan fingerprint density at radius 1 is 1.32 bits per heavy atom. The van der Waals surface area contributed by atoms with E-state index in [0.29, 0.717) is 6.07 Å². The molecule has 19 heavy (non-hydrogen) atoms. The quantitative estimate of drug-likeness (QED) is 0.750. The SMILES string of the molecule is CC#CCNS(=O)(=O)c1ccc(S(N)(=O)=O)cc1F. The Bertz CT molecular complexity index is 745. The van der Waals surface area contributed by atoms with Gasteiger partial charge in [0.25, 0.3) is 0 Å². The van der Waals surface area contributed by atoms with E-state index in [1.807, 2.05) is 0 Å². The zero-order valence-electron chi connectivity index (χ0n) is 9.84. The van der Waals surface area contributed by atoms with Gasteiger partial charge in [-0.25, -0.2) is 26.4 Å². The third-order valence-electron chi connectivity index (χ3n) is 2.05. The van der Waals surface area contributed by atoms with Gasteiger partial charge in [0.2, 0.25) is 20.0 Å². The summed E-state index contributed by atoms with van der Waals surface area (Å²) in [5.74, 6) is 3.71. The number of halogens is 1. The monoisotopic (exact) mass is 306 g/mol. The van der Waals surface area contributed by atoms with E-state index in [9.17, 15) is 21.2 Å². The van der Waals surface area contributed by atoms with Crippen LogP contribution in [0.3, 0.4) is 0 Å². The van der Waals surface area contributed by atoms with Crippen molar-refractivity contribution in [1.82, 2.24) is 4.72 Å². The third-order valence-corrected chi connectivity index (χ3v) is 4.39. The van der Waals surface area contributed by atoms with Crippen LogP contribution < -0.4 is 9.86 Å². The van der Waals surface area contributed by atoms with Crippen molar-refractivity contribution in [3.8, 4) is 11.8 Å². The first-order chi connectivity index (χ1) is 8.68. The summed E-state index contributed by atoms with van der Waals surface area (Å²) < 4.78 is 61.0. The Labute approximate surface area is 110 Å². The predicted octanol–water partition coefficient (Wildman–Crippen LogP) is -0.225. The normalized spacial score (nSPS) is 11.7. The van der Waals surface area contributed by atoms with Crippen LogP contribution >= 0.6 is 0 Å². The molecule has 0 unspecified atom stereocenters. The number of nitrogens with two attached hydrogens (primary N) is 1. The van der Waals surface area contributed by atoms with Crippen LogP contribution in [0.2, 0.25) is 0 Å². The van der Waals surface area contributed by atoms with Crippen molar-refractivity contribution < 1.29 is 21.2 Å². The standard InChI is InChI=1S/C10H11FN2O4S2/c1-2-3-6-13-19(16,17)10-5-4-8(7-9(10)11)18(12,14)15/h4-5,7,13H,6H2,1H3,(H2,12,14,15). The summed E-state index contributed by atoms with van der Waals surface area (Å²) in [6.07, 6.45) is 0. The maximum atomic E-state index is 13.6. The number of nitrogens with one attached hydrogen (secondary N) is 1. The summed E-state index contributed by atoms with van der Waals surface area (Å²) in [5.41, 5.74) is 0. The zero-order valence-corrected chi connectivity index (χ0v) is 11.5. The Kier molecular flexibility index (Phi) is 4.65. The Morgan fingerprint density at radius 2 is 1.95 bits per heavy atom. The molecule has 0 radical (unpaired) electrons. The highest BCUT2D eigenvalue weighted by atomic mass is 32.2. The van der Waals surface area contributed by atoms with Crippen LogP contribution in [0.4, 0.5) is 4.39 Å². The highest BCUT2D eigenvalue weighted by Crippen LogP contribution is 2.17. The molecule has 9 heteroatoms. The molecule has 1 rings (SSSR count). The van der Waals surface area contributed by atoms with Crippen molar-refractivity contribution in [3.05, 3.63) is 24.0 Å². The van der Waals surface area contributed by atoms with Crippen LogP contribution in [-0.4, -0.2) is 23.4 Å². The number of hydrogen-bond donors (Lipinski definition) is 2. The summed E-state index contributed by atoms with van der Waals surface area (Å²) in [4.78, 5) is -1.17. The molecule has 1 aromatic carbocycles. The molecule has 3 N–H and O–H groups in total. The first-order valence-electron chi connectivity index (χ1n) is 4.90. The van der Waals surface area contributed by atoms with Crippen molar-refractivity contribution in [2.45, 2.75) is 16.7 Å². The van der Waals surface area contributed by atoms with Crippen LogP contribution in [-0.2, 0) is 20.0 Å². The largest absolute Gasteiger partial charge is 0.244 e. The molecule has 104 valence electrons. The van der Waals surface area contributed by atoms with E-state index in [1.165, 1.54) is 6.92 Å². The van der Waals surface area contributed by atoms with Gasteiger partial charge < -0.3 is 0 Å². The predicted molar refractivity (Wildman–Crippen MR) is 66.4 cm³/mol. The van der Waals surface area contributed by atoms with Crippen molar-refractivity contribution in [2.75, 3.05) is 6.54 Å². The molecule has 0 atom stereocenters. The number of sulfonamides is 2. The third kappa shape index (κ3) is 4.00. The van der Waals surface area contributed by atoms with Crippen LogP contribution in [0.5, 0.6) is 0 Å². The molecule has 0 aliphatic rings. The molecule has 6 nitrogen and oxygen atoms in total. The van der Waals surface area contributed by atoms with Gasteiger partial charge in [-0.3, -0.25) is 0 Å². The van der Waals surface area contributed by atoms with Gasteiger partial charge in [-0.05, 0) is 25.1 Å². The molecular weight excluding hydrogens is 295 g/mol. The van der Waals surface area contributed by atoms with E-state index < -0.39 is 35.7 Å². The van der Waals surface area contributed by atoms with Gasteiger partial charge in [0.05, 0.1) is 11.4 Å². The molecule has 0 bridgehead atoms. The smallest absolute Gasteiger partial charge is 0.225 e. The molecule has 0 heterocycles. The Morgan fingerprint density at radius 3 is 2.42 bits per heavy atom. The Hall–Kier alpha value is -1.47. The van der Waals surface area contributed by atoms with Crippen molar-refractivity contribution in [2.24, 2.45) is 5.14 Å². The molecule has 0 aliphatic heterocycles. The van der Waals surface area contributed by atoms with E-state index in [2.05, 4.69) is 16.6 Å². The Balaban J connectivity index is 3.19. The molecule has 0 spiro atoms. The van der Waals surface area contributed by atoms with Gasteiger partial charge >= 0.3 is 0 Å². The van der Waals surface area contributed by atoms with Crippen LogP contribution in [0, 0.1) is 17.7 Å². The van der Waals surface area contributed by atoms with Gasteiger partial charge in [-0.15, -0.1) is 5.92 Å². The lowest BCUT2D eigenvalue weighted by Gasteiger charge is -2.06. The average molecular weight is 306 g/mol. The van der Waals surface area contributed by atoms with Gasteiger partial charge in [0.1, 0.15) is 10.7 Å². The summed E-state index contributed by atoms with van der Waals surface area (Å²) >= 11 is 0. The fourth-order valence-corrected chi connectivity index (χ4v) is 2.68. The number of rotatable bonds is 4. The van der Waals surface area contributed by atoms with Crippen LogP contribution in [0.1, 0.15) is 6.92 Å². The van der Waals surface area contributed by atoms with E-state index in [4.69, 9.17) is 5.14 Å². The minimum atomic E-state index is -4.09. The van der Waals surface area contributed by atoms with E-state index in [1.54, 1.807) is 0 Å². The number of hydrogen-bond acceptors (Lipinski definition) is 4. The molecule has 0 aromatic heterocycles. The van der Waals surface area contributed by atoms with E-state index >= 15 is 0 Å². The van der Waals surface area contributed by atoms with E-state index in [-0.39, 0.29) is 6.54 Å². The van der Waals surface area contributed by atoms with Crippen LogP contribution in [0.25, 0.3) is 0 Å². The molecule has 1 aromatic rings. The zero-order chi connectivity index (χ0) is 14.7. The van der Waals surface area contributed by atoms with Gasteiger partial charge in [0, 0.05) is 0 Å². The highest BCUT2D eigenvalue weighted by molar-refractivity contribution is 7.89. The second-order valence-electron chi connectivity index (χ2n) is 3.39. The van der Waals surface area contributed by atoms with Gasteiger partial charge in [0.15, 0.2) is 0 Å². The minimum Gasteiger partial charge on any atom is -0.225 e. The van der Waals surface area contributed by atoms with E-state index in [0.717, 1.165) is 12.1 Å². The minimum absolute atomic E-state index is 0.171. The molecule has 0 aliphatic carbocycles.